The van der Waals surface area contributed by atoms with Gasteiger partial charge in [0.05, 0.1) is 18.5 Å². The summed E-state index contributed by atoms with van der Waals surface area (Å²) in [6, 6.07) is 24.3. The minimum absolute atomic E-state index is 0.0428. The molecule has 172 valence electrons. The maximum atomic E-state index is 12.5. The second kappa shape index (κ2) is 10.2. The number of aromatic amines is 1. The number of hydrogen-bond donors (Lipinski definition) is 2. The molecule has 1 amide bonds. The first-order chi connectivity index (χ1) is 16.7. The highest BCUT2D eigenvalue weighted by Crippen LogP contribution is 2.38. The molecule has 6 heteroatoms. The Bertz CT molecular complexity index is 1280. The fraction of sp³-hybridized carbons (Fsp3) is 0.214. The van der Waals surface area contributed by atoms with Crippen LogP contribution < -0.4 is 10.1 Å². The molecule has 5 nitrogen and oxygen atoms in total. The summed E-state index contributed by atoms with van der Waals surface area (Å²) in [7, 11) is 1.69. The standard InChI is InChI=1S/C28H27N3O2S/c1-33-23-12-14-24-22(17-23)11-13-25-26(30-31-27(24)25)20-7-9-21(10-8-20)28(32)29-15-16-34-18-19-5-3-2-4-6-19/h2-10,12,14,17H,11,13,15-16,18H2,1H3,(H,29,32)(H,30,31). The minimum atomic E-state index is -0.0428. The average Bonchev–Trinajstić information content (AvgIpc) is 3.33. The molecule has 0 aliphatic heterocycles. The lowest BCUT2D eigenvalue weighted by Gasteiger charge is -2.17. The number of ether oxygens (including phenoxy) is 1. The molecule has 0 spiro atoms. The Kier molecular flexibility index (Phi) is 6.67. The van der Waals surface area contributed by atoms with E-state index in [1.165, 1.54) is 22.3 Å². The Morgan fingerprint density at radius 2 is 1.88 bits per heavy atom. The molecule has 5 rings (SSSR count). The number of methoxy groups -OCH3 is 1. The van der Waals surface area contributed by atoms with Crippen LogP contribution >= 0.6 is 11.8 Å². The minimum Gasteiger partial charge on any atom is -0.497 e. The van der Waals surface area contributed by atoms with Gasteiger partial charge in [-0.1, -0.05) is 42.5 Å². The molecule has 0 radical (unpaired) electrons. The molecule has 0 atom stereocenters. The second-order valence-corrected chi connectivity index (χ2v) is 9.43. The first-order valence-corrected chi connectivity index (χ1v) is 12.6. The number of fused-ring (bicyclic) bond motifs is 3. The third-order valence-electron chi connectivity index (χ3n) is 6.16. The molecule has 34 heavy (non-hydrogen) atoms. The number of H-pyrrole nitrogens is 1. The van der Waals surface area contributed by atoms with Crippen LogP contribution in [0.1, 0.15) is 27.0 Å². The summed E-state index contributed by atoms with van der Waals surface area (Å²) in [5, 5.41) is 10.9. The van der Waals surface area contributed by atoms with Gasteiger partial charge in [-0.3, -0.25) is 9.89 Å². The second-order valence-electron chi connectivity index (χ2n) is 8.32. The Balaban J connectivity index is 1.20. The number of aryl methyl sites for hydroxylation is 1. The molecular formula is C28H27N3O2S. The summed E-state index contributed by atoms with van der Waals surface area (Å²) in [6.45, 7) is 0.648. The summed E-state index contributed by atoms with van der Waals surface area (Å²) < 4.78 is 5.37. The van der Waals surface area contributed by atoms with Crippen molar-refractivity contribution >= 4 is 17.7 Å². The summed E-state index contributed by atoms with van der Waals surface area (Å²) in [6.07, 6.45) is 1.87. The summed E-state index contributed by atoms with van der Waals surface area (Å²) in [4.78, 5) is 12.5. The molecule has 1 aliphatic carbocycles. The third kappa shape index (κ3) is 4.73. The van der Waals surface area contributed by atoms with Crippen LogP contribution in [0, 0.1) is 0 Å². The van der Waals surface area contributed by atoms with Gasteiger partial charge in [0.25, 0.3) is 5.91 Å². The van der Waals surface area contributed by atoms with Gasteiger partial charge in [-0.25, -0.2) is 0 Å². The van der Waals surface area contributed by atoms with Crippen molar-refractivity contribution in [2.45, 2.75) is 18.6 Å². The lowest BCUT2D eigenvalue weighted by molar-refractivity contribution is 0.0956. The lowest BCUT2D eigenvalue weighted by atomic mass is 9.87. The SMILES string of the molecule is COc1ccc2c(c1)CCc1c(-c3ccc(C(=O)NCCSCc4ccccc4)cc3)n[nH]c1-2. The van der Waals surface area contributed by atoms with E-state index in [-0.39, 0.29) is 5.91 Å². The van der Waals surface area contributed by atoms with Crippen molar-refractivity contribution in [1.82, 2.24) is 15.5 Å². The first-order valence-electron chi connectivity index (χ1n) is 11.5. The Hall–Kier alpha value is -3.51. The van der Waals surface area contributed by atoms with Gasteiger partial charge in [-0.2, -0.15) is 16.9 Å². The molecule has 0 saturated heterocycles. The van der Waals surface area contributed by atoms with Crippen LogP contribution in [-0.2, 0) is 18.6 Å². The molecule has 1 heterocycles. The molecule has 4 aromatic rings. The van der Waals surface area contributed by atoms with E-state index >= 15 is 0 Å². The number of hydrogen-bond acceptors (Lipinski definition) is 4. The number of carbonyl (C=O) groups is 1. The van der Waals surface area contributed by atoms with Crippen LogP contribution in [0.3, 0.4) is 0 Å². The van der Waals surface area contributed by atoms with Crippen LogP contribution in [0.5, 0.6) is 5.75 Å². The van der Waals surface area contributed by atoms with Gasteiger partial charge in [0.15, 0.2) is 0 Å². The monoisotopic (exact) mass is 469 g/mol. The zero-order chi connectivity index (χ0) is 23.3. The number of carbonyl (C=O) groups excluding carboxylic acids is 1. The maximum Gasteiger partial charge on any atom is 0.251 e. The molecule has 0 bridgehead atoms. The molecule has 0 fully saturated rings. The number of thioether (sulfide) groups is 1. The number of aromatic nitrogens is 2. The molecule has 0 saturated carbocycles. The van der Waals surface area contributed by atoms with Crippen LogP contribution in [0.2, 0.25) is 0 Å². The number of benzene rings is 3. The molecule has 1 aromatic heterocycles. The summed E-state index contributed by atoms with van der Waals surface area (Å²) >= 11 is 1.82. The van der Waals surface area contributed by atoms with Crippen molar-refractivity contribution in [2.24, 2.45) is 0 Å². The van der Waals surface area contributed by atoms with Crippen LogP contribution in [0.25, 0.3) is 22.5 Å². The first kappa shape index (κ1) is 22.3. The highest BCUT2D eigenvalue weighted by Gasteiger charge is 2.23. The van der Waals surface area contributed by atoms with Crippen molar-refractivity contribution in [3.63, 3.8) is 0 Å². The highest BCUT2D eigenvalue weighted by atomic mass is 32.2. The Morgan fingerprint density at radius 3 is 2.68 bits per heavy atom. The number of nitrogens with zero attached hydrogens (tertiary/aromatic N) is 1. The number of rotatable bonds is 8. The fourth-order valence-corrected chi connectivity index (χ4v) is 5.18. The van der Waals surface area contributed by atoms with E-state index in [0.717, 1.165) is 47.0 Å². The van der Waals surface area contributed by atoms with Gasteiger partial charge < -0.3 is 10.1 Å². The number of amides is 1. The molecular weight excluding hydrogens is 442 g/mol. The Labute approximate surface area is 203 Å². The maximum absolute atomic E-state index is 12.5. The zero-order valence-corrected chi connectivity index (χ0v) is 20.0. The quantitative estimate of drug-likeness (QED) is 0.334. The average molecular weight is 470 g/mol. The van der Waals surface area contributed by atoms with Crippen LogP contribution in [0.15, 0.2) is 72.8 Å². The van der Waals surface area contributed by atoms with E-state index in [1.54, 1.807) is 7.11 Å². The van der Waals surface area contributed by atoms with Crippen molar-refractivity contribution in [1.29, 1.82) is 0 Å². The predicted molar refractivity (Wildman–Crippen MR) is 138 cm³/mol. The topological polar surface area (TPSA) is 67.0 Å². The number of nitrogens with one attached hydrogen (secondary N) is 2. The molecule has 3 aromatic carbocycles. The van der Waals surface area contributed by atoms with E-state index in [2.05, 4.69) is 51.9 Å². The Morgan fingerprint density at radius 1 is 1.06 bits per heavy atom. The lowest BCUT2D eigenvalue weighted by Crippen LogP contribution is -2.25. The van der Waals surface area contributed by atoms with Gasteiger partial charge in [-0.05, 0) is 54.3 Å². The van der Waals surface area contributed by atoms with Gasteiger partial charge in [0, 0.05) is 40.3 Å². The van der Waals surface area contributed by atoms with Crippen LogP contribution in [-0.4, -0.2) is 35.5 Å². The fourth-order valence-electron chi connectivity index (χ4n) is 4.36. The van der Waals surface area contributed by atoms with Gasteiger partial charge in [0.1, 0.15) is 5.75 Å². The van der Waals surface area contributed by atoms with Crippen molar-refractivity contribution in [3.8, 4) is 28.3 Å². The molecule has 0 unspecified atom stereocenters. The van der Waals surface area contributed by atoms with E-state index in [9.17, 15) is 4.79 Å². The van der Waals surface area contributed by atoms with E-state index in [4.69, 9.17) is 4.74 Å². The largest absolute Gasteiger partial charge is 0.497 e. The van der Waals surface area contributed by atoms with Crippen molar-refractivity contribution in [3.05, 3.63) is 95.1 Å². The van der Waals surface area contributed by atoms with E-state index in [1.807, 2.05) is 48.2 Å². The smallest absolute Gasteiger partial charge is 0.251 e. The zero-order valence-electron chi connectivity index (χ0n) is 19.1. The third-order valence-corrected chi connectivity index (χ3v) is 7.19. The normalized spacial score (nSPS) is 12.0. The summed E-state index contributed by atoms with van der Waals surface area (Å²) in [5.74, 6) is 2.67. The van der Waals surface area contributed by atoms with Crippen molar-refractivity contribution in [2.75, 3.05) is 19.4 Å². The van der Waals surface area contributed by atoms with Gasteiger partial charge in [0.2, 0.25) is 0 Å². The predicted octanol–water partition coefficient (Wildman–Crippen LogP) is 5.51. The molecule has 2 N–H and O–H groups in total. The van der Waals surface area contributed by atoms with E-state index < -0.39 is 0 Å². The summed E-state index contributed by atoms with van der Waals surface area (Å²) in [5.41, 5.74) is 8.71. The molecule has 1 aliphatic rings. The van der Waals surface area contributed by atoms with Crippen LogP contribution in [0.4, 0.5) is 0 Å². The van der Waals surface area contributed by atoms with Crippen molar-refractivity contribution < 1.29 is 9.53 Å². The van der Waals surface area contributed by atoms with E-state index in [0.29, 0.717) is 12.1 Å². The van der Waals surface area contributed by atoms with Gasteiger partial charge >= 0.3 is 0 Å². The van der Waals surface area contributed by atoms with Gasteiger partial charge in [-0.15, -0.1) is 0 Å². The highest BCUT2D eigenvalue weighted by molar-refractivity contribution is 7.98.